The van der Waals surface area contributed by atoms with Gasteiger partial charge in [0.2, 0.25) is 10.0 Å². The molecule has 0 aliphatic carbocycles. The largest absolute Gasteiger partial charge is 0.573 e. The minimum Gasteiger partial charge on any atom is -0.406 e. The van der Waals surface area contributed by atoms with E-state index in [2.05, 4.69) is 4.74 Å². The number of aromatic nitrogens is 1. The number of halogens is 3. The molecule has 0 spiro atoms. The first-order valence-corrected chi connectivity index (χ1v) is 11.5. The quantitative estimate of drug-likeness (QED) is 0.590. The number of nitrogen functional groups attached to an aromatic ring is 1. The fourth-order valence-electron chi connectivity index (χ4n) is 3.99. The van der Waals surface area contributed by atoms with Gasteiger partial charge in [-0.15, -0.1) is 13.2 Å². The monoisotopic (exact) mass is 469 g/mol. The Hall–Kier alpha value is -2.92. The molecule has 0 amide bonds. The zero-order valence-corrected chi connectivity index (χ0v) is 18.0. The number of rotatable bonds is 6. The summed E-state index contributed by atoms with van der Waals surface area (Å²) in [6.45, 7) is 1.09. The molecule has 0 unspecified atom stereocenters. The highest BCUT2D eigenvalue weighted by atomic mass is 32.2. The number of alkyl halides is 3. The molecule has 1 saturated heterocycles. The van der Waals surface area contributed by atoms with Gasteiger partial charge in [-0.2, -0.15) is 0 Å². The lowest BCUT2D eigenvalue weighted by molar-refractivity contribution is -0.274. The van der Waals surface area contributed by atoms with Gasteiger partial charge < -0.3 is 19.8 Å². The molecule has 0 atom stereocenters. The van der Waals surface area contributed by atoms with Crippen molar-refractivity contribution in [1.82, 2.24) is 4.57 Å². The van der Waals surface area contributed by atoms with Crippen LogP contribution < -0.4 is 14.8 Å². The summed E-state index contributed by atoms with van der Waals surface area (Å²) in [6, 6.07) is 10.9. The molecule has 2 N–H and O–H groups in total. The van der Waals surface area contributed by atoms with E-state index in [1.165, 1.54) is 29.6 Å². The van der Waals surface area contributed by atoms with Gasteiger partial charge in [-0.25, -0.2) is 8.42 Å². The highest BCUT2D eigenvalue weighted by Crippen LogP contribution is 2.39. The Balaban J connectivity index is 1.79. The second kappa shape index (κ2) is 8.21. The Bertz CT molecular complexity index is 1240. The Kier molecular flexibility index (Phi) is 5.72. The number of sulfonamides is 1. The minimum absolute atomic E-state index is 0.120. The molecule has 7 nitrogen and oxygen atoms in total. The maximum Gasteiger partial charge on any atom is 0.573 e. The summed E-state index contributed by atoms with van der Waals surface area (Å²) in [6.07, 6.45) is -4.23. The molecule has 4 rings (SSSR count). The van der Waals surface area contributed by atoms with Crippen molar-refractivity contribution in [2.45, 2.75) is 19.3 Å². The summed E-state index contributed by atoms with van der Waals surface area (Å²) in [4.78, 5) is 0. The van der Waals surface area contributed by atoms with Gasteiger partial charge in [-0.1, -0.05) is 12.1 Å². The van der Waals surface area contributed by atoms with Crippen LogP contribution in [0.1, 0.15) is 6.42 Å². The molecular formula is C21H22F3N3O4S. The van der Waals surface area contributed by atoms with Crippen LogP contribution in [0.3, 0.4) is 0 Å². The summed E-state index contributed by atoms with van der Waals surface area (Å²) < 4.78 is 74.8. The van der Waals surface area contributed by atoms with Crippen LogP contribution in [0, 0.1) is 0 Å². The number of ether oxygens (including phenoxy) is 2. The van der Waals surface area contributed by atoms with E-state index in [0.29, 0.717) is 59.7 Å². The standard InChI is InChI=1S/C21H22F3N3O4S/c1-30-11-10-26-18-13-16(31-21(22,23)24)7-8-17(18)19(25)20(26)14-3-5-15(6-4-14)27-9-2-12-32(27,28)29/h3-8,13H,2,9-12,25H2,1H3. The lowest BCUT2D eigenvalue weighted by Gasteiger charge is -2.18. The van der Waals surface area contributed by atoms with Crippen molar-refractivity contribution >= 4 is 32.3 Å². The average Bonchev–Trinajstić information content (AvgIpc) is 3.21. The lowest BCUT2D eigenvalue weighted by Crippen LogP contribution is -2.24. The first-order valence-electron chi connectivity index (χ1n) is 9.88. The number of hydrogen-bond donors (Lipinski definition) is 1. The Morgan fingerprint density at radius 3 is 2.44 bits per heavy atom. The van der Waals surface area contributed by atoms with Crippen molar-refractivity contribution in [2.75, 3.05) is 36.1 Å². The average molecular weight is 469 g/mol. The Morgan fingerprint density at radius 2 is 1.84 bits per heavy atom. The van der Waals surface area contributed by atoms with Crippen molar-refractivity contribution in [2.24, 2.45) is 0 Å². The van der Waals surface area contributed by atoms with Crippen LogP contribution in [0.15, 0.2) is 42.5 Å². The summed E-state index contributed by atoms with van der Waals surface area (Å²) in [7, 11) is -1.78. The molecule has 0 radical (unpaired) electrons. The highest BCUT2D eigenvalue weighted by Gasteiger charge is 2.32. The van der Waals surface area contributed by atoms with Crippen LogP contribution >= 0.6 is 0 Å². The van der Waals surface area contributed by atoms with Crippen molar-refractivity contribution in [3.8, 4) is 17.0 Å². The lowest BCUT2D eigenvalue weighted by atomic mass is 10.1. The van der Waals surface area contributed by atoms with Crippen LogP contribution in [0.5, 0.6) is 5.75 Å². The molecule has 1 fully saturated rings. The highest BCUT2D eigenvalue weighted by molar-refractivity contribution is 7.93. The summed E-state index contributed by atoms with van der Waals surface area (Å²) in [5.41, 5.74) is 9.14. The van der Waals surface area contributed by atoms with E-state index in [1.807, 2.05) is 0 Å². The van der Waals surface area contributed by atoms with Gasteiger partial charge >= 0.3 is 6.36 Å². The molecular weight excluding hydrogens is 447 g/mol. The number of nitrogens with zero attached hydrogens (tertiary/aromatic N) is 2. The number of methoxy groups -OCH3 is 1. The molecule has 0 saturated carbocycles. The van der Waals surface area contributed by atoms with Crippen molar-refractivity contribution in [3.63, 3.8) is 0 Å². The summed E-state index contributed by atoms with van der Waals surface area (Å²) >= 11 is 0. The number of anilines is 2. The van der Waals surface area contributed by atoms with Crippen LogP contribution in [0.2, 0.25) is 0 Å². The van der Waals surface area contributed by atoms with Crippen LogP contribution in [-0.4, -0.2) is 45.4 Å². The van der Waals surface area contributed by atoms with Gasteiger partial charge in [-0.3, -0.25) is 4.31 Å². The van der Waals surface area contributed by atoms with E-state index in [4.69, 9.17) is 10.5 Å². The van der Waals surface area contributed by atoms with E-state index in [1.54, 1.807) is 28.8 Å². The predicted molar refractivity (Wildman–Crippen MR) is 116 cm³/mol. The Morgan fingerprint density at radius 1 is 1.12 bits per heavy atom. The van der Waals surface area contributed by atoms with Crippen molar-refractivity contribution in [1.29, 1.82) is 0 Å². The molecule has 32 heavy (non-hydrogen) atoms. The molecule has 1 aromatic heterocycles. The van der Waals surface area contributed by atoms with E-state index in [9.17, 15) is 21.6 Å². The maximum absolute atomic E-state index is 12.7. The van der Waals surface area contributed by atoms with Gasteiger partial charge in [0, 0.05) is 37.2 Å². The van der Waals surface area contributed by atoms with Gasteiger partial charge in [0.1, 0.15) is 5.75 Å². The summed E-state index contributed by atoms with van der Waals surface area (Å²) in [5.74, 6) is -0.225. The zero-order valence-electron chi connectivity index (χ0n) is 17.2. The van der Waals surface area contributed by atoms with Gasteiger partial charge in [-0.05, 0) is 30.7 Å². The third-order valence-corrected chi connectivity index (χ3v) is 7.23. The SMILES string of the molecule is COCCn1c(-c2ccc(N3CCCS3(=O)=O)cc2)c(N)c2ccc(OC(F)(F)F)cc21. The second-order valence-corrected chi connectivity index (χ2v) is 9.43. The summed E-state index contributed by atoms with van der Waals surface area (Å²) in [5, 5.41) is 0.580. The van der Waals surface area contributed by atoms with Crippen molar-refractivity contribution in [3.05, 3.63) is 42.5 Å². The third kappa shape index (κ3) is 4.22. The smallest absolute Gasteiger partial charge is 0.406 e. The molecule has 172 valence electrons. The van der Waals surface area contributed by atoms with Crippen molar-refractivity contribution < 1.29 is 31.1 Å². The van der Waals surface area contributed by atoms with E-state index in [0.717, 1.165) is 0 Å². The zero-order chi connectivity index (χ0) is 23.1. The first-order chi connectivity index (χ1) is 15.1. The first kappa shape index (κ1) is 22.3. The van der Waals surface area contributed by atoms with Gasteiger partial charge in [0.05, 0.1) is 34.9 Å². The number of fused-ring (bicyclic) bond motifs is 1. The third-order valence-electron chi connectivity index (χ3n) is 5.36. The van der Waals surface area contributed by atoms with E-state index in [-0.39, 0.29) is 11.5 Å². The van der Waals surface area contributed by atoms with Crippen LogP contribution in [-0.2, 0) is 21.3 Å². The topological polar surface area (TPSA) is 86.8 Å². The molecule has 2 aromatic carbocycles. The van der Waals surface area contributed by atoms with Gasteiger partial charge in [0.15, 0.2) is 0 Å². The van der Waals surface area contributed by atoms with Crippen LogP contribution in [0.4, 0.5) is 24.5 Å². The second-order valence-electron chi connectivity index (χ2n) is 7.42. The van der Waals surface area contributed by atoms with Gasteiger partial charge in [0.25, 0.3) is 0 Å². The molecule has 1 aliphatic rings. The van der Waals surface area contributed by atoms with E-state index >= 15 is 0 Å². The minimum atomic E-state index is -4.81. The maximum atomic E-state index is 12.7. The Labute approximate surface area is 183 Å². The van der Waals surface area contributed by atoms with E-state index < -0.39 is 16.4 Å². The molecule has 1 aliphatic heterocycles. The molecule has 2 heterocycles. The normalized spacial score (nSPS) is 16.1. The fraction of sp³-hybridized carbons (Fsp3) is 0.333. The fourth-order valence-corrected chi connectivity index (χ4v) is 5.56. The number of hydrogen-bond acceptors (Lipinski definition) is 5. The molecule has 3 aromatic rings. The molecule has 0 bridgehead atoms. The number of benzene rings is 2. The number of nitrogens with two attached hydrogens (primary N) is 1. The predicted octanol–water partition coefficient (Wildman–Crippen LogP) is 3.98. The molecule has 11 heteroatoms. The van der Waals surface area contributed by atoms with Crippen LogP contribution in [0.25, 0.3) is 22.2 Å².